The summed E-state index contributed by atoms with van der Waals surface area (Å²) in [6.07, 6.45) is 0. The maximum absolute atomic E-state index is 13.3. The number of aromatic nitrogens is 2. The lowest BCUT2D eigenvalue weighted by molar-refractivity contribution is 0.0746. The van der Waals surface area contributed by atoms with E-state index in [1.165, 1.54) is 11.8 Å². The van der Waals surface area contributed by atoms with Gasteiger partial charge in [-0.3, -0.25) is 4.79 Å². The highest BCUT2D eigenvalue weighted by molar-refractivity contribution is 7.98. The Morgan fingerprint density at radius 1 is 0.974 bits per heavy atom. The zero-order valence-corrected chi connectivity index (χ0v) is 23.1. The van der Waals surface area contributed by atoms with Gasteiger partial charge in [-0.15, -0.1) is 0 Å². The summed E-state index contributed by atoms with van der Waals surface area (Å²) in [5.41, 5.74) is 2.83. The lowest BCUT2D eigenvalue weighted by Crippen LogP contribution is -2.48. The number of thioether (sulfide) groups is 1. The molecule has 5 rings (SSSR count). The van der Waals surface area contributed by atoms with E-state index in [0.717, 1.165) is 49.0 Å². The minimum absolute atomic E-state index is 0.0585. The molecule has 0 aliphatic carbocycles. The molecule has 0 radical (unpaired) electrons. The van der Waals surface area contributed by atoms with Crippen LogP contribution in [-0.2, 0) is 10.5 Å². The monoisotopic (exact) mass is 553 g/mol. The van der Waals surface area contributed by atoms with Crippen LogP contribution in [0.5, 0.6) is 5.75 Å². The third-order valence-electron chi connectivity index (χ3n) is 6.61. The standard InChI is InChI=1S/C28H32ClN5O3S/c1-2-37-24-9-4-3-8-23(24)32-10-12-34(13-11-32)27(35)22-7-5-6-21(18-22)20-38-28-30-25(29)19-26(31-28)33-14-16-36-17-15-33/h3-9,18-19H,2,10-17,20H2,1H3. The van der Waals surface area contributed by atoms with Gasteiger partial charge in [0.15, 0.2) is 5.16 Å². The summed E-state index contributed by atoms with van der Waals surface area (Å²) in [7, 11) is 0. The molecule has 0 N–H and O–H groups in total. The van der Waals surface area contributed by atoms with Gasteiger partial charge in [0.05, 0.1) is 25.5 Å². The first-order chi connectivity index (χ1) is 18.6. The number of halogens is 1. The molecule has 1 aromatic heterocycles. The third-order valence-corrected chi connectivity index (χ3v) is 7.72. The SMILES string of the molecule is CCOc1ccccc1N1CCN(C(=O)c2cccc(CSc3nc(Cl)cc(N4CCOCC4)n3)c2)CC1. The Kier molecular flexibility index (Phi) is 8.88. The minimum atomic E-state index is 0.0585. The highest BCUT2D eigenvalue weighted by Crippen LogP contribution is 2.29. The maximum atomic E-state index is 13.3. The Labute approximate surface area is 232 Å². The van der Waals surface area contributed by atoms with Crippen molar-refractivity contribution in [2.75, 3.05) is 68.9 Å². The van der Waals surface area contributed by atoms with Crippen molar-refractivity contribution in [3.8, 4) is 5.75 Å². The van der Waals surface area contributed by atoms with E-state index in [1.54, 1.807) is 6.07 Å². The number of anilines is 2. The number of rotatable bonds is 8. The van der Waals surface area contributed by atoms with Gasteiger partial charge in [0.1, 0.15) is 16.7 Å². The van der Waals surface area contributed by atoms with Gasteiger partial charge >= 0.3 is 0 Å². The van der Waals surface area contributed by atoms with E-state index in [1.807, 2.05) is 54.3 Å². The number of carbonyl (C=O) groups excluding carboxylic acids is 1. The number of para-hydroxylation sites is 2. The first-order valence-electron chi connectivity index (χ1n) is 13.0. The van der Waals surface area contributed by atoms with Crippen molar-refractivity contribution >= 4 is 40.8 Å². The number of hydrogen-bond acceptors (Lipinski definition) is 8. The summed E-state index contributed by atoms with van der Waals surface area (Å²) in [5.74, 6) is 2.41. The molecule has 38 heavy (non-hydrogen) atoms. The van der Waals surface area contributed by atoms with Crippen LogP contribution in [0.2, 0.25) is 5.15 Å². The molecule has 0 bridgehead atoms. The first-order valence-corrected chi connectivity index (χ1v) is 14.3. The van der Waals surface area contributed by atoms with E-state index >= 15 is 0 Å². The normalized spacial score (nSPS) is 16.0. The second kappa shape index (κ2) is 12.7. The highest BCUT2D eigenvalue weighted by atomic mass is 35.5. The van der Waals surface area contributed by atoms with Gasteiger partial charge in [0.25, 0.3) is 5.91 Å². The van der Waals surface area contributed by atoms with E-state index in [9.17, 15) is 4.79 Å². The average molecular weight is 554 g/mol. The maximum Gasteiger partial charge on any atom is 0.253 e. The molecule has 2 saturated heterocycles. The summed E-state index contributed by atoms with van der Waals surface area (Å²) >= 11 is 7.81. The Morgan fingerprint density at radius 2 is 1.76 bits per heavy atom. The van der Waals surface area contributed by atoms with Crippen LogP contribution in [0.25, 0.3) is 0 Å². The molecule has 200 valence electrons. The van der Waals surface area contributed by atoms with Gasteiger partial charge in [-0.25, -0.2) is 9.97 Å². The molecular formula is C28H32ClN5O3S. The summed E-state index contributed by atoms with van der Waals surface area (Å²) < 4.78 is 11.2. The molecule has 2 fully saturated rings. The Bertz CT molecular complexity index is 1250. The predicted octanol–water partition coefficient (Wildman–Crippen LogP) is 4.62. The average Bonchev–Trinajstić information content (AvgIpc) is 2.97. The molecule has 8 nitrogen and oxygen atoms in total. The molecule has 0 atom stereocenters. The predicted molar refractivity (Wildman–Crippen MR) is 152 cm³/mol. The molecule has 0 spiro atoms. The van der Waals surface area contributed by atoms with Gasteiger partial charge < -0.3 is 24.2 Å². The van der Waals surface area contributed by atoms with Crippen molar-refractivity contribution in [1.82, 2.24) is 14.9 Å². The lowest BCUT2D eigenvalue weighted by atomic mass is 10.1. The Hall–Kier alpha value is -3.01. The highest BCUT2D eigenvalue weighted by Gasteiger charge is 2.24. The molecule has 10 heteroatoms. The van der Waals surface area contributed by atoms with Crippen molar-refractivity contribution in [3.63, 3.8) is 0 Å². The van der Waals surface area contributed by atoms with Crippen LogP contribution in [0, 0.1) is 0 Å². The van der Waals surface area contributed by atoms with E-state index < -0.39 is 0 Å². The van der Waals surface area contributed by atoms with Crippen molar-refractivity contribution in [2.24, 2.45) is 0 Å². The zero-order valence-electron chi connectivity index (χ0n) is 21.5. The molecular weight excluding hydrogens is 522 g/mol. The number of amides is 1. The number of morpholine rings is 1. The van der Waals surface area contributed by atoms with Crippen molar-refractivity contribution in [2.45, 2.75) is 17.8 Å². The van der Waals surface area contributed by atoms with Crippen LogP contribution in [0.15, 0.2) is 59.8 Å². The second-order valence-corrected chi connectivity index (χ2v) is 10.4. The van der Waals surface area contributed by atoms with Gasteiger partial charge in [-0.05, 0) is 36.8 Å². The smallest absolute Gasteiger partial charge is 0.253 e. The Morgan fingerprint density at radius 3 is 2.55 bits per heavy atom. The summed E-state index contributed by atoms with van der Waals surface area (Å²) in [4.78, 5) is 28.8. The number of piperazine rings is 1. The summed E-state index contributed by atoms with van der Waals surface area (Å²) in [6, 6.07) is 17.7. The summed E-state index contributed by atoms with van der Waals surface area (Å²) in [5, 5.41) is 1.05. The fourth-order valence-electron chi connectivity index (χ4n) is 4.68. The van der Waals surface area contributed by atoms with Crippen LogP contribution < -0.4 is 14.5 Å². The molecule has 3 aromatic rings. The van der Waals surface area contributed by atoms with Crippen LogP contribution in [0.1, 0.15) is 22.8 Å². The van der Waals surface area contributed by atoms with Crippen molar-refractivity contribution in [3.05, 3.63) is 70.9 Å². The largest absolute Gasteiger partial charge is 0.492 e. The van der Waals surface area contributed by atoms with E-state index in [-0.39, 0.29) is 5.91 Å². The van der Waals surface area contributed by atoms with Crippen LogP contribution in [0.4, 0.5) is 11.5 Å². The van der Waals surface area contributed by atoms with Gasteiger partial charge in [-0.1, -0.05) is 47.6 Å². The topological polar surface area (TPSA) is 71.0 Å². The Balaban J connectivity index is 1.19. The van der Waals surface area contributed by atoms with E-state index in [4.69, 9.17) is 26.1 Å². The van der Waals surface area contributed by atoms with Crippen LogP contribution in [-0.4, -0.2) is 79.9 Å². The molecule has 3 heterocycles. The summed E-state index contributed by atoms with van der Waals surface area (Å²) in [6.45, 7) is 8.42. The number of nitrogens with zero attached hydrogens (tertiary/aromatic N) is 5. The fraction of sp³-hybridized carbons (Fsp3) is 0.393. The van der Waals surface area contributed by atoms with Gasteiger partial charge in [0, 0.05) is 56.7 Å². The zero-order chi connectivity index (χ0) is 26.3. The first kappa shape index (κ1) is 26.6. The third kappa shape index (κ3) is 6.51. The molecule has 2 aromatic carbocycles. The molecule has 2 aliphatic heterocycles. The molecule has 0 saturated carbocycles. The fourth-order valence-corrected chi connectivity index (χ4v) is 5.70. The molecule has 1 amide bonds. The van der Waals surface area contributed by atoms with E-state index in [2.05, 4.69) is 20.9 Å². The van der Waals surface area contributed by atoms with Crippen molar-refractivity contribution < 1.29 is 14.3 Å². The number of carbonyl (C=O) groups is 1. The van der Waals surface area contributed by atoms with Crippen LogP contribution in [0.3, 0.4) is 0 Å². The van der Waals surface area contributed by atoms with Crippen molar-refractivity contribution in [1.29, 1.82) is 0 Å². The molecule has 0 unspecified atom stereocenters. The number of ether oxygens (including phenoxy) is 2. The number of hydrogen-bond donors (Lipinski definition) is 0. The lowest BCUT2D eigenvalue weighted by Gasteiger charge is -2.36. The van der Waals surface area contributed by atoms with Gasteiger partial charge in [-0.2, -0.15) is 0 Å². The molecule has 2 aliphatic rings. The number of benzene rings is 2. The van der Waals surface area contributed by atoms with Gasteiger partial charge in [0.2, 0.25) is 0 Å². The minimum Gasteiger partial charge on any atom is -0.492 e. The van der Waals surface area contributed by atoms with E-state index in [0.29, 0.717) is 54.5 Å². The van der Waals surface area contributed by atoms with Crippen LogP contribution >= 0.6 is 23.4 Å². The second-order valence-electron chi connectivity index (χ2n) is 9.10. The quantitative estimate of drug-likeness (QED) is 0.227.